The molecule has 3 aromatic rings. The quantitative estimate of drug-likeness (QED) is 0.466. The predicted molar refractivity (Wildman–Crippen MR) is 127 cm³/mol. The van der Waals surface area contributed by atoms with E-state index in [1.165, 1.54) is 12.1 Å². The Hall–Kier alpha value is -2.72. The zero-order chi connectivity index (χ0) is 23.3. The summed E-state index contributed by atoms with van der Waals surface area (Å²) < 4.78 is 38.6. The van der Waals surface area contributed by atoms with Gasteiger partial charge in [-0.15, -0.1) is 0 Å². The van der Waals surface area contributed by atoms with Crippen LogP contribution in [0.1, 0.15) is 17.5 Å². The van der Waals surface area contributed by atoms with Crippen molar-refractivity contribution in [2.45, 2.75) is 24.7 Å². The van der Waals surface area contributed by atoms with Crippen molar-refractivity contribution >= 4 is 32.6 Å². The lowest BCUT2D eigenvalue weighted by Crippen LogP contribution is -2.38. The lowest BCUT2D eigenvalue weighted by atomic mass is 10.1. The number of carbonyl (C=O) groups is 1. The van der Waals surface area contributed by atoms with Gasteiger partial charge in [0.25, 0.3) is 0 Å². The summed E-state index contributed by atoms with van der Waals surface area (Å²) in [6.45, 7) is 6.42. The Bertz CT molecular complexity index is 1200. The van der Waals surface area contributed by atoms with E-state index in [9.17, 15) is 13.2 Å². The smallest absolute Gasteiger partial charge is 0.240 e. The molecule has 0 spiro atoms. The van der Waals surface area contributed by atoms with Crippen LogP contribution in [0.25, 0.3) is 11.0 Å². The number of nitrogens with zero attached hydrogens (tertiary/aromatic N) is 1. The molecule has 0 aliphatic carbocycles. The number of carbonyl (C=O) groups excluding carboxylic acids is 1. The average molecular weight is 472 g/mol. The standard InChI is InChI=1S/C24H29N3O5S/c1-18-3-8-22-19(17-32-23(22)15-18)16-24(28)26-20-4-6-21(7-5-20)33(29,30)25-9-2-10-27-11-13-31-14-12-27/h3-8,15,17,25H,2,9-14,16H2,1H3,(H,26,28). The molecule has 33 heavy (non-hydrogen) atoms. The molecule has 0 atom stereocenters. The Morgan fingerprint density at radius 3 is 2.61 bits per heavy atom. The zero-order valence-electron chi connectivity index (χ0n) is 18.7. The predicted octanol–water partition coefficient (Wildman–Crippen LogP) is 2.92. The monoisotopic (exact) mass is 471 g/mol. The molecule has 1 aliphatic heterocycles. The SMILES string of the molecule is Cc1ccc2c(CC(=O)Nc3ccc(S(=O)(=O)NCCCN4CCOCC4)cc3)coc2c1. The van der Waals surface area contributed by atoms with Gasteiger partial charge in [-0.25, -0.2) is 13.1 Å². The lowest BCUT2D eigenvalue weighted by molar-refractivity contribution is -0.115. The van der Waals surface area contributed by atoms with Crippen LogP contribution in [-0.4, -0.2) is 58.6 Å². The second-order valence-electron chi connectivity index (χ2n) is 8.22. The highest BCUT2D eigenvalue weighted by Crippen LogP contribution is 2.23. The Morgan fingerprint density at radius 2 is 1.85 bits per heavy atom. The minimum atomic E-state index is -3.60. The molecule has 0 radical (unpaired) electrons. The Labute approximate surface area is 194 Å². The van der Waals surface area contributed by atoms with Crippen molar-refractivity contribution in [3.8, 4) is 0 Å². The number of sulfonamides is 1. The molecule has 2 aromatic carbocycles. The molecule has 9 heteroatoms. The van der Waals surface area contributed by atoms with Crippen molar-refractivity contribution in [3.63, 3.8) is 0 Å². The first-order valence-electron chi connectivity index (χ1n) is 11.1. The fraction of sp³-hybridized carbons (Fsp3) is 0.375. The van der Waals surface area contributed by atoms with Gasteiger partial charge < -0.3 is 14.5 Å². The highest BCUT2D eigenvalue weighted by molar-refractivity contribution is 7.89. The summed E-state index contributed by atoms with van der Waals surface area (Å²) in [5, 5.41) is 3.73. The number of amides is 1. The maximum Gasteiger partial charge on any atom is 0.240 e. The molecule has 1 aromatic heterocycles. The van der Waals surface area contributed by atoms with Gasteiger partial charge >= 0.3 is 0 Å². The van der Waals surface area contributed by atoms with E-state index in [0.717, 1.165) is 61.4 Å². The van der Waals surface area contributed by atoms with Crippen molar-refractivity contribution in [2.75, 3.05) is 44.7 Å². The van der Waals surface area contributed by atoms with Crippen LogP contribution in [0.5, 0.6) is 0 Å². The van der Waals surface area contributed by atoms with Crippen LogP contribution in [0.4, 0.5) is 5.69 Å². The van der Waals surface area contributed by atoms with Crippen molar-refractivity contribution < 1.29 is 22.4 Å². The summed E-state index contributed by atoms with van der Waals surface area (Å²) in [4.78, 5) is 14.9. The van der Waals surface area contributed by atoms with Gasteiger partial charge in [-0.1, -0.05) is 12.1 Å². The Morgan fingerprint density at radius 1 is 1.09 bits per heavy atom. The number of ether oxygens (including phenoxy) is 1. The number of morpholine rings is 1. The molecule has 8 nitrogen and oxygen atoms in total. The molecule has 1 fully saturated rings. The molecular weight excluding hydrogens is 442 g/mol. The number of fused-ring (bicyclic) bond motifs is 1. The number of rotatable bonds is 9. The van der Waals surface area contributed by atoms with Gasteiger partial charge in [-0.05, 0) is 55.8 Å². The number of hydrogen-bond acceptors (Lipinski definition) is 6. The summed E-state index contributed by atoms with van der Waals surface area (Å²) >= 11 is 0. The van der Waals surface area contributed by atoms with E-state index in [4.69, 9.17) is 9.15 Å². The summed E-state index contributed by atoms with van der Waals surface area (Å²) in [6.07, 6.45) is 2.50. The Balaban J connectivity index is 1.28. The first kappa shape index (κ1) is 23.4. The van der Waals surface area contributed by atoms with E-state index >= 15 is 0 Å². The van der Waals surface area contributed by atoms with Crippen molar-refractivity contribution in [1.82, 2.24) is 9.62 Å². The molecule has 0 unspecified atom stereocenters. The molecule has 176 valence electrons. The summed E-state index contributed by atoms with van der Waals surface area (Å²) in [5.41, 5.74) is 3.19. The van der Waals surface area contributed by atoms with Crippen molar-refractivity contribution in [2.24, 2.45) is 0 Å². The molecule has 2 heterocycles. The first-order chi connectivity index (χ1) is 15.9. The summed E-state index contributed by atoms with van der Waals surface area (Å²) in [6, 6.07) is 12.0. The van der Waals surface area contributed by atoms with E-state index < -0.39 is 10.0 Å². The van der Waals surface area contributed by atoms with E-state index in [1.807, 2.05) is 25.1 Å². The lowest BCUT2D eigenvalue weighted by Gasteiger charge is -2.26. The molecule has 0 saturated carbocycles. The summed E-state index contributed by atoms with van der Waals surface area (Å²) in [5.74, 6) is -0.199. The minimum Gasteiger partial charge on any atom is -0.464 e. The van der Waals surface area contributed by atoms with Crippen LogP contribution >= 0.6 is 0 Å². The first-order valence-corrected chi connectivity index (χ1v) is 12.6. The van der Waals surface area contributed by atoms with Crippen LogP contribution in [0, 0.1) is 6.92 Å². The zero-order valence-corrected chi connectivity index (χ0v) is 19.5. The van der Waals surface area contributed by atoms with Crippen LogP contribution in [-0.2, 0) is 26.0 Å². The van der Waals surface area contributed by atoms with Crippen LogP contribution < -0.4 is 10.0 Å². The van der Waals surface area contributed by atoms with Crippen LogP contribution in [0.15, 0.2) is 58.0 Å². The van der Waals surface area contributed by atoms with Crippen molar-refractivity contribution in [3.05, 3.63) is 59.9 Å². The van der Waals surface area contributed by atoms with Gasteiger partial charge in [0, 0.05) is 36.3 Å². The minimum absolute atomic E-state index is 0.167. The second kappa shape index (κ2) is 10.5. The van der Waals surface area contributed by atoms with Gasteiger partial charge in [0.1, 0.15) is 5.58 Å². The van der Waals surface area contributed by atoms with Crippen LogP contribution in [0.2, 0.25) is 0 Å². The highest BCUT2D eigenvalue weighted by atomic mass is 32.2. The van der Waals surface area contributed by atoms with E-state index in [1.54, 1.807) is 18.4 Å². The van der Waals surface area contributed by atoms with Crippen LogP contribution in [0.3, 0.4) is 0 Å². The van der Waals surface area contributed by atoms with Gasteiger partial charge in [-0.2, -0.15) is 0 Å². The largest absolute Gasteiger partial charge is 0.464 e. The normalized spacial score (nSPS) is 15.1. The third-order valence-corrected chi connectivity index (χ3v) is 7.13. The van der Waals surface area contributed by atoms with Crippen molar-refractivity contribution in [1.29, 1.82) is 0 Å². The fourth-order valence-electron chi connectivity index (χ4n) is 3.84. The number of nitrogens with one attached hydrogen (secondary N) is 2. The van der Waals surface area contributed by atoms with E-state index in [-0.39, 0.29) is 17.2 Å². The fourth-order valence-corrected chi connectivity index (χ4v) is 4.91. The maximum absolute atomic E-state index is 12.5. The topological polar surface area (TPSA) is 101 Å². The van der Waals surface area contributed by atoms with Gasteiger partial charge in [0.15, 0.2) is 0 Å². The second-order valence-corrected chi connectivity index (χ2v) is 9.98. The molecule has 1 saturated heterocycles. The Kier molecular flexibility index (Phi) is 7.44. The number of aryl methyl sites for hydroxylation is 1. The number of furan rings is 1. The number of benzene rings is 2. The van der Waals surface area contributed by atoms with Gasteiger partial charge in [0.2, 0.25) is 15.9 Å². The summed E-state index contributed by atoms with van der Waals surface area (Å²) in [7, 11) is -3.60. The molecule has 4 rings (SSSR count). The molecule has 1 amide bonds. The number of anilines is 1. The maximum atomic E-state index is 12.5. The van der Waals surface area contributed by atoms with Gasteiger partial charge in [0.05, 0.1) is 30.8 Å². The molecule has 2 N–H and O–H groups in total. The van der Waals surface area contributed by atoms with E-state index in [2.05, 4.69) is 14.9 Å². The highest BCUT2D eigenvalue weighted by Gasteiger charge is 2.15. The molecule has 0 bridgehead atoms. The average Bonchev–Trinajstić information content (AvgIpc) is 3.19. The molecule has 1 aliphatic rings. The number of hydrogen-bond donors (Lipinski definition) is 2. The third-order valence-electron chi connectivity index (χ3n) is 5.66. The van der Waals surface area contributed by atoms with E-state index in [0.29, 0.717) is 12.2 Å². The molecular formula is C24H29N3O5S. The third kappa shape index (κ3) is 6.20. The van der Waals surface area contributed by atoms with Gasteiger partial charge in [-0.3, -0.25) is 9.69 Å².